The molecule has 0 saturated carbocycles. The van der Waals surface area contributed by atoms with Gasteiger partial charge < -0.3 is 5.32 Å². The molecule has 0 amide bonds. The van der Waals surface area contributed by atoms with E-state index in [9.17, 15) is 17.6 Å². The maximum atomic E-state index is 12.9. The molecular weight excluding hydrogens is 222 g/mol. The Morgan fingerprint density at radius 2 is 1.75 bits per heavy atom. The van der Waals surface area contributed by atoms with E-state index in [1.807, 2.05) is 13.8 Å². The number of alkyl halides is 3. The van der Waals surface area contributed by atoms with Gasteiger partial charge in [0.25, 0.3) is 0 Å². The van der Waals surface area contributed by atoms with Crippen molar-refractivity contribution in [2.45, 2.75) is 26.6 Å². The molecule has 0 aromatic heterocycles. The molecule has 1 N–H and O–H groups in total. The van der Waals surface area contributed by atoms with E-state index >= 15 is 0 Å². The highest BCUT2D eigenvalue weighted by molar-refractivity contribution is 5.26. The molecule has 1 nitrogen and oxygen atoms in total. The van der Waals surface area contributed by atoms with Crippen molar-refractivity contribution in [2.75, 3.05) is 7.05 Å². The van der Waals surface area contributed by atoms with E-state index in [1.54, 1.807) is 7.05 Å². The van der Waals surface area contributed by atoms with Gasteiger partial charge in [-0.05, 0) is 24.7 Å². The fourth-order valence-corrected chi connectivity index (χ4v) is 1.10. The second-order valence-electron chi connectivity index (χ2n) is 2.84. The number of nitrogens with one attached hydrogen (secondary N) is 1. The summed E-state index contributed by atoms with van der Waals surface area (Å²) < 4.78 is 49.3. The summed E-state index contributed by atoms with van der Waals surface area (Å²) >= 11 is 0. The third-order valence-corrected chi connectivity index (χ3v) is 1.72. The SMILES string of the molecule is CC.CNCc1ccc(C(F)(F)F)c(F)c1. The Morgan fingerprint density at radius 1 is 1.19 bits per heavy atom. The molecule has 0 bridgehead atoms. The monoisotopic (exact) mass is 237 g/mol. The first-order chi connectivity index (χ1) is 7.45. The Morgan fingerprint density at radius 3 is 2.12 bits per heavy atom. The molecule has 0 radical (unpaired) electrons. The number of hydrogen-bond donors (Lipinski definition) is 1. The van der Waals surface area contributed by atoms with Crippen LogP contribution < -0.4 is 5.32 Å². The van der Waals surface area contributed by atoms with E-state index in [0.717, 1.165) is 12.1 Å². The minimum absolute atomic E-state index is 0.342. The molecule has 92 valence electrons. The van der Waals surface area contributed by atoms with Gasteiger partial charge in [-0.25, -0.2) is 4.39 Å². The van der Waals surface area contributed by atoms with Gasteiger partial charge in [0.05, 0.1) is 5.56 Å². The summed E-state index contributed by atoms with van der Waals surface area (Å²) in [6.07, 6.45) is -4.62. The first-order valence-electron chi connectivity index (χ1n) is 4.95. The number of benzene rings is 1. The zero-order chi connectivity index (χ0) is 12.8. The molecule has 0 atom stereocenters. The zero-order valence-electron chi connectivity index (χ0n) is 9.45. The van der Waals surface area contributed by atoms with Crippen LogP contribution in [0.15, 0.2) is 18.2 Å². The predicted molar refractivity (Wildman–Crippen MR) is 55.5 cm³/mol. The second-order valence-corrected chi connectivity index (χ2v) is 2.84. The largest absolute Gasteiger partial charge is 0.419 e. The molecule has 1 aromatic carbocycles. The van der Waals surface area contributed by atoms with E-state index in [1.165, 1.54) is 6.07 Å². The average Bonchev–Trinajstić information content (AvgIpc) is 2.19. The van der Waals surface area contributed by atoms with Crippen molar-refractivity contribution in [3.8, 4) is 0 Å². The smallest absolute Gasteiger partial charge is 0.316 e. The lowest BCUT2D eigenvalue weighted by Crippen LogP contribution is -2.10. The van der Waals surface area contributed by atoms with Crippen LogP contribution in [0.3, 0.4) is 0 Å². The number of rotatable bonds is 2. The Bertz CT molecular complexity index is 320. The molecule has 0 aliphatic heterocycles. The summed E-state index contributed by atoms with van der Waals surface area (Å²) in [5.41, 5.74) is -0.740. The molecule has 5 heteroatoms. The summed E-state index contributed by atoms with van der Waals surface area (Å²) in [7, 11) is 1.63. The van der Waals surface area contributed by atoms with Crippen LogP contribution in [0.2, 0.25) is 0 Å². The Hall–Kier alpha value is -1.10. The van der Waals surface area contributed by atoms with Crippen molar-refractivity contribution in [1.82, 2.24) is 5.32 Å². The van der Waals surface area contributed by atoms with Gasteiger partial charge in [-0.15, -0.1) is 0 Å². The first-order valence-corrected chi connectivity index (χ1v) is 4.95. The molecule has 1 aromatic rings. The Balaban J connectivity index is 0.00000106. The molecule has 0 saturated heterocycles. The Kier molecular flexibility index (Phi) is 6.03. The van der Waals surface area contributed by atoms with Crippen molar-refractivity contribution in [2.24, 2.45) is 0 Å². The topological polar surface area (TPSA) is 12.0 Å². The second kappa shape index (κ2) is 6.48. The third-order valence-electron chi connectivity index (χ3n) is 1.72. The standard InChI is InChI=1S/C9H9F4N.C2H6/c1-14-5-6-2-3-7(8(10)4-6)9(11,12)13;1-2/h2-4,14H,5H2,1H3;1-2H3. The highest BCUT2D eigenvalue weighted by Crippen LogP contribution is 2.31. The maximum Gasteiger partial charge on any atom is 0.419 e. The lowest BCUT2D eigenvalue weighted by atomic mass is 10.1. The van der Waals surface area contributed by atoms with E-state index in [4.69, 9.17) is 0 Å². The molecule has 0 fully saturated rings. The average molecular weight is 237 g/mol. The summed E-state index contributed by atoms with van der Waals surface area (Å²) in [5.74, 6) is -1.23. The van der Waals surface area contributed by atoms with E-state index in [2.05, 4.69) is 5.32 Å². The van der Waals surface area contributed by atoms with Crippen LogP contribution in [0, 0.1) is 5.82 Å². The van der Waals surface area contributed by atoms with Gasteiger partial charge in [0.15, 0.2) is 0 Å². The van der Waals surface area contributed by atoms with Gasteiger partial charge in [0.1, 0.15) is 5.82 Å². The van der Waals surface area contributed by atoms with Gasteiger partial charge >= 0.3 is 6.18 Å². The lowest BCUT2D eigenvalue weighted by molar-refractivity contribution is -0.140. The minimum atomic E-state index is -4.62. The highest BCUT2D eigenvalue weighted by Gasteiger charge is 2.33. The van der Waals surface area contributed by atoms with Crippen molar-refractivity contribution in [1.29, 1.82) is 0 Å². The zero-order valence-corrected chi connectivity index (χ0v) is 9.45. The summed E-state index contributed by atoms with van der Waals surface area (Å²) in [5, 5.41) is 2.72. The van der Waals surface area contributed by atoms with Crippen molar-refractivity contribution < 1.29 is 17.6 Å². The molecule has 0 aliphatic rings. The fourth-order valence-electron chi connectivity index (χ4n) is 1.10. The van der Waals surface area contributed by atoms with Crippen LogP contribution in [0.4, 0.5) is 17.6 Å². The van der Waals surface area contributed by atoms with Crippen LogP contribution in [0.5, 0.6) is 0 Å². The quantitative estimate of drug-likeness (QED) is 0.775. The lowest BCUT2D eigenvalue weighted by Gasteiger charge is -2.08. The summed E-state index contributed by atoms with van der Waals surface area (Å²) in [6, 6.07) is 2.89. The molecule has 0 spiro atoms. The van der Waals surface area contributed by atoms with Crippen molar-refractivity contribution in [3.63, 3.8) is 0 Å². The van der Waals surface area contributed by atoms with Crippen LogP contribution in [-0.2, 0) is 12.7 Å². The molecule has 16 heavy (non-hydrogen) atoms. The van der Waals surface area contributed by atoms with Gasteiger partial charge in [-0.1, -0.05) is 19.9 Å². The summed E-state index contributed by atoms with van der Waals surface area (Å²) in [6.45, 7) is 4.34. The van der Waals surface area contributed by atoms with E-state index in [-0.39, 0.29) is 0 Å². The maximum absolute atomic E-state index is 12.9. The van der Waals surface area contributed by atoms with E-state index in [0.29, 0.717) is 12.1 Å². The minimum Gasteiger partial charge on any atom is -0.316 e. The van der Waals surface area contributed by atoms with Gasteiger partial charge in [-0.3, -0.25) is 0 Å². The van der Waals surface area contributed by atoms with Gasteiger partial charge in [-0.2, -0.15) is 13.2 Å². The first kappa shape index (κ1) is 14.9. The molecule has 0 heterocycles. The molecule has 0 aliphatic carbocycles. The number of hydrogen-bond acceptors (Lipinski definition) is 1. The molecule has 0 unspecified atom stereocenters. The van der Waals surface area contributed by atoms with Gasteiger partial charge in [0, 0.05) is 6.54 Å². The molecular formula is C11H15F4N. The highest BCUT2D eigenvalue weighted by atomic mass is 19.4. The molecule has 1 rings (SSSR count). The number of halogens is 4. The Labute approximate surface area is 92.5 Å². The normalized spacial score (nSPS) is 10.7. The predicted octanol–water partition coefficient (Wildman–Crippen LogP) is 3.59. The van der Waals surface area contributed by atoms with Crippen LogP contribution >= 0.6 is 0 Å². The fraction of sp³-hybridized carbons (Fsp3) is 0.455. The van der Waals surface area contributed by atoms with Gasteiger partial charge in [0.2, 0.25) is 0 Å². The third kappa shape index (κ3) is 4.18. The van der Waals surface area contributed by atoms with E-state index < -0.39 is 17.6 Å². The van der Waals surface area contributed by atoms with Crippen molar-refractivity contribution >= 4 is 0 Å². The van der Waals surface area contributed by atoms with Crippen LogP contribution in [-0.4, -0.2) is 7.05 Å². The van der Waals surface area contributed by atoms with Crippen LogP contribution in [0.25, 0.3) is 0 Å². The van der Waals surface area contributed by atoms with Crippen molar-refractivity contribution in [3.05, 3.63) is 35.1 Å². The summed E-state index contributed by atoms with van der Waals surface area (Å²) in [4.78, 5) is 0. The van der Waals surface area contributed by atoms with Crippen LogP contribution in [0.1, 0.15) is 25.0 Å².